The molecule has 11 heteroatoms. The second-order valence-corrected chi connectivity index (χ2v) is 8.83. The van der Waals surface area contributed by atoms with Gasteiger partial charge in [-0.1, -0.05) is 0 Å². The Morgan fingerprint density at radius 1 is 1.03 bits per heavy atom. The van der Waals surface area contributed by atoms with E-state index in [4.69, 9.17) is 14.2 Å². The van der Waals surface area contributed by atoms with Gasteiger partial charge in [-0.2, -0.15) is 13.2 Å². The molecule has 0 unspecified atom stereocenters. The van der Waals surface area contributed by atoms with Crippen molar-refractivity contribution in [3.05, 3.63) is 47.0 Å². The Balaban J connectivity index is 1.53. The van der Waals surface area contributed by atoms with Crippen LogP contribution in [0.2, 0.25) is 0 Å². The molecule has 1 aromatic heterocycles. The fourth-order valence-electron chi connectivity index (χ4n) is 5.14. The molecular weight excluding hydrogens is 470 g/mol. The van der Waals surface area contributed by atoms with Gasteiger partial charge in [-0.15, -0.1) is 0 Å². The van der Waals surface area contributed by atoms with Crippen LogP contribution < -0.4 is 9.47 Å². The molecule has 2 aromatic rings. The molecule has 1 aromatic carbocycles. The summed E-state index contributed by atoms with van der Waals surface area (Å²) in [5, 5.41) is 0. The minimum absolute atomic E-state index is 0.0601. The standard InChI is InChI=1S/C24H29F4N3O4/c1-29-10-11-31-20(24(26,27)28)15-17(25)21(31)23(29)6-8-30(9-7-23)22(32)16-4-5-18(19(14-16)34-3)35-13-12-33-2/h4-5,14-15H,6-13H2,1-3H3. The Kier molecular flexibility index (Phi) is 7.01. The Bertz CT molecular complexity index is 1080. The van der Waals surface area contributed by atoms with Crippen LogP contribution in [-0.2, 0) is 23.0 Å². The van der Waals surface area contributed by atoms with E-state index in [0.717, 1.165) is 4.57 Å². The number of hydrogen-bond acceptors (Lipinski definition) is 5. The summed E-state index contributed by atoms with van der Waals surface area (Å²) in [6, 6.07) is 5.49. The maximum Gasteiger partial charge on any atom is 0.431 e. The Morgan fingerprint density at radius 2 is 1.74 bits per heavy atom. The van der Waals surface area contributed by atoms with Gasteiger partial charge in [0.15, 0.2) is 11.5 Å². The molecule has 0 saturated carbocycles. The van der Waals surface area contributed by atoms with Gasteiger partial charge in [-0.3, -0.25) is 9.69 Å². The van der Waals surface area contributed by atoms with Crippen LogP contribution in [0.5, 0.6) is 11.5 Å². The second-order valence-electron chi connectivity index (χ2n) is 8.83. The lowest BCUT2D eigenvalue weighted by atomic mass is 9.81. The van der Waals surface area contributed by atoms with Gasteiger partial charge in [-0.25, -0.2) is 4.39 Å². The highest BCUT2D eigenvalue weighted by Crippen LogP contribution is 2.45. The van der Waals surface area contributed by atoms with E-state index in [2.05, 4.69) is 0 Å². The number of carbonyl (C=O) groups excluding carboxylic acids is 1. The molecule has 0 radical (unpaired) electrons. The van der Waals surface area contributed by atoms with Gasteiger partial charge in [0.1, 0.15) is 18.1 Å². The first-order valence-electron chi connectivity index (χ1n) is 11.4. The van der Waals surface area contributed by atoms with Gasteiger partial charge in [0.05, 0.1) is 24.9 Å². The highest BCUT2D eigenvalue weighted by atomic mass is 19.4. The summed E-state index contributed by atoms with van der Waals surface area (Å²) in [6.45, 7) is 1.72. The number of methoxy groups -OCH3 is 2. The zero-order chi connectivity index (χ0) is 25.4. The van der Waals surface area contributed by atoms with Gasteiger partial charge >= 0.3 is 6.18 Å². The largest absolute Gasteiger partial charge is 0.493 e. The van der Waals surface area contributed by atoms with Crippen molar-refractivity contribution >= 4 is 5.91 Å². The predicted octanol–water partition coefficient (Wildman–Crippen LogP) is 3.76. The third-order valence-corrected chi connectivity index (χ3v) is 7.00. The summed E-state index contributed by atoms with van der Waals surface area (Å²) in [4.78, 5) is 16.8. The van der Waals surface area contributed by atoms with Crippen LogP contribution in [0, 0.1) is 5.82 Å². The van der Waals surface area contributed by atoms with Crippen molar-refractivity contribution in [2.75, 3.05) is 54.1 Å². The highest BCUT2D eigenvalue weighted by Gasteiger charge is 2.49. The van der Waals surface area contributed by atoms with Crippen molar-refractivity contribution in [2.45, 2.75) is 31.1 Å². The molecule has 35 heavy (non-hydrogen) atoms. The maximum atomic E-state index is 14.9. The molecule has 1 saturated heterocycles. The first-order valence-corrected chi connectivity index (χ1v) is 11.4. The number of likely N-dealkylation sites (N-methyl/N-ethyl adjacent to an activating group) is 1. The van der Waals surface area contributed by atoms with Crippen LogP contribution in [0.15, 0.2) is 24.3 Å². The van der Waals surface area contributed by atoms with E-state index in [9.17, 15) is 22.4 Å². The average Bonchev–Trinajstić information content (AvgIpc) is 3.19. The predicted molar refractivity (Wildman–Crippen MR) is 119 cm³/mol. The second kappa shape index (κ2) is 9.69. The number of nitrogens with zero attached hydrogens (tertiary/aromatic N) is 3. The van der Waals surface area contributed by atoms with E-state index in [1.807, 2.05) is 4.90 Å². The summed E-state index contributed by atoms with van der Waals surface area (Å²) >= 11 is 0. The van der Waals surface area contributed by atoms with Crippen LogP contribution in [0.1, 0.15) is 34.6 Å². The molecule has 7 nitrogen and oxygen atoms in total. The molecule has 1 amide bonds. The van der Waals surface area contributed by atoms with Crippen molar-refractivity contribution in [3.63, 3.8) is 0 Å². The van der Waals surface area contributed by atoms with Gasteiger partial charge < -0.3 is 23.7 Å². The first-order chi connectivity index (χ1) is 16.6. The van der Waals surface area contributed by atoms with Gasteiger partial charge in [0.25, 0.3) is 5.91 Å². The molecule has 3 heterocycles. The number of carbonyl (C=O) groups is 1. The zero-order valence-electron chi connectivity index (χ0n) is 20.0. The normalized spacial score (nSPS) is 18.0. The van der Waals surface area contributed by atoms with Gasteiger partial charge in [0.2, 0.25) is 0 Å². The Morgan fingerprint density at radius 3 is 2.37 bits per heavy atom. The number of benzene rings is 1. The van der Waals surface area contributed by atoms with E-state index in [1.165, 1.54) is 7.11 Å². The lowest BCUT2D eigenvalue weighted by Crippen LogP contribution is -2.57. The van der Waals surface area contributed by atoms with E-state index in [0.29, 0.717) is 55.7 Å². The monoisotopic (exact) mass is 499 g/mol. The fraction of sp³-hybridized carbons (Fsp3) is 0.542. The topological polar surface area (TPSA) is 56.2 Å². The van der Waals surface area contributed by atoms with E-state index >= 15 is 0 Å². The minimum Gasteiger partial charge on any atom is -0.493 e. The Labute approximate surface area is 201 Å². The summed E-state index contributed by atoms with van der Waals surface area (Å²) < 4.78 is 72.4. The number of piperidine rings is 1. The quantitative estimate of drug-likeness (QED) is 0.448. The molecule has 0 atom stereocenters. The summed E-state index contributed by atoms with van der Waals surface area (Å²) in [5.41, 5.74) is -1.40. The molecule has 1 spiro atoms. The minimum atomic E-state index is -4.63. The molecule has 2 aliphatic rings. The first kappa shape index (κ1) is 25.3. The van der Waals surface area contributed by atoms with Crippen molar-refractivity contribution < 1.29 is 36.6 Å². The van der Waals surface area contributed by atoms with E-state index < -0.39 is 23.2 Å². The van der Waals surface area contributed by atoms with Gasteiger partial charge in [0, 0.05) is 44.9 Å². The molecular formula is C24H29F4N3O4. The van der Waals surface area contributed by atoms with Crippen molar-refractivity contribution in [1.82, 2.24) is 14.4 Å². The number of alkyl halides is 3. The van der Waals surface area contributed by atoms with Crippen LogP contribution in [0.3, 0.4) is 0 Å². The average molecular weight is 500 g/mol. The molecule has 0 N–H and O–H groups in total. The van der Waals surface area contributed by atoms with Crippen LogP contribution >= 0.6 is 0 Å². The SMILES string of the molecule is COCCOc1ccc(C(=O)N2CCC3(CC2)c2c(F)cc(C(F)(F)F)n2CCN3C)cc1OC. The molecule has 0 bridgehead atoms. The number of amides is 1. The van der Waals surface area contributed by atoms with Crippen LogP contribution in [0.4, 0.5) is 17.6 Å². The van der Waals surface area contributed by atoms with Crippen molar-refractivity contribution in [2.24, 2.45) is 0 Å². The highest BCUT2D eigenvalue weighted by molar-refractivity contribution is 5.95. The third kappa shape index (κ3) is 4.58. The number of halogens is 4. The number of ether oxygens (including phenoxy) is 3. The number of fused-ring (bicyclic) bond motifs is 2. The zero-order valence-corrected chi connectivity index (χ0v) is 20.0. The van der Waals surface area contributed by atoms with Gasteiger partial charge in [-0.05, 0) is 38.1 Å². The number of likely N-dealkylation sites (tertiary alicyclic amines) is 1. The lowest BCUT2D eigenvalue weighted by molar-refractivity contribution is -0.144. The summed E-state index contributed by atoms with van der Waals surface area (Å²) in [7, 11) is 4.85. The van der Waals surface area contributed by atoms with E-state index in [-0.39, 0.29) is 31.2 Å². The molecule has 192 valence electrons. The molecule has 4 rings (SSSR count). The number of hydrogen-bond donors (Lipinski definition) is 0. The number of rotatable bonds is 6. The summed E-state index contributed by atoms with van der Waals surface area (Å²) in [5.74, 6) is -0.185. The fourth-order valence-corrected chi connectivity index (χ4v) is 5.14. The van der Waals surface area contributed by atoms with Crippen LogP contribution in [-0.4, -0.2) is 74.4 Å². The van der Waals surface area contributed by atoms with Crippen LogP contribution in [0.25, 0.3) is 0 Å². The summed E-state index contributed by atoms with van der Waals surface area (Å²) in [6.07, 6.45) is -3.99. The smallest absolute Gasteiger partial charge is 0.431 e. The molecule has 1 fully saturated rings. The molecule has 0 aliphatic carbocycles. The molecule has 2 aliphatic heterocycles. The third-order valence-electron chi connectivity index (χ3n) is 7.00. The number of aromatic nitrogens is 1. The van der Waals surface area contributed by atoms with E-state index in [1.54, 1.807) is 37.3 Å². The lowest BCUT2D eigenvalue weighted by Gasteiger charge is -2.50. The van der Waals surface area contributed by atoms with Crippen molar-refractivity contribution in [3.8, 4) is 11.5 Å². The maximum absolute atomic E-state index is 14.9. The van der Waals surface area contributed by atoms with Crippen molar-refractivity contribution in [1.29, 1.82) is 0 Å². The Hall–Kier alpha value is -2.79.